The van der Waals surface area contributed by atoms with Gasteiger partial charge >= 0.3 is 12.4 Å². The average Bonchev–Trinajstić information content (AvgIpc) is 3.01. The fourth-order valence-electron chi connectivity index (χ4n) is 5.90. The minimum Gasteiger partial charge on any atom is -0.373 e. The number of nitrogens with zero attached hydrogens (tertiary/aromatic N) is 1. The number of piperidine rings is 1. The molecule has 0 aromatic heterocycles. The standard InChI is InChI=1S/C34H31F6NO3S/c35-33(36,37)28-18-25(19-29(20-28)34(38,39)40)22-44-31-16-17-41(45(42,43)23-24-10-4-1-5-11-24)21-30(31)32(26-12-6-2-7-13-26)27-14-8-3-9-15-27/h1-15,18-20,30-32H,16-17,21-23H2/t30-,31+/m0/s1. The summed E-state index contributed by atoms with van der Waals surface area (Å²) in [6.45, 7) is -0.380. The van der Waals surface area contributed by atoms with Gasteiger partial charge in [-0.3, -0.25) is 0 Å². The van der Waals surface area contributed by atoms with Crippen LogP contribution in [0, 0.1) is 5.92 Å². The van der Waals surface area contributed by atoms with E-state index in [0.29, 0.717) is 17.7 Å². The Morgan fingerprint density at radius 3 is 1.69 bits per heavy atom. The third-order valence-electron chi connectivity index (χ3n) is 8.00. The third-order valence-corrected chi connectivity index (χ3v) is 9.81. The molecule has 0 unspecified atom stereocenters. The molecule has 0 amide bonds. The Hall–Kier alpha value is -3.67. The second-order valence-electron chi connectivity index (χ2n) is 11.1. The molecule has 4 aromatic rings. The van der Waals surface area contributed by atoms with Crippen LogP contribution in [-0.4, -0.2) is 31.9 Å². The van der Waals surface area contributed by atoms with Crippen molar-refractivity contribution >= 4 is 10.0 Å². The zero-order valence-corrected chi connectivity index (χ0v) is 24.8. The molecule has 1 aliphatic rings. The largest absolute Gasteiger partial charge is 0.416 e. The third kappa shape index (κ3) is 8.14. The SMILES string of the molecule is O=S(=O)(Cc1ccccc1)N1CC[C@@H](OCc2cc(C(F)(F)F)cc(C(F)(F)F)c2)[C@@H](C(c2ccccc2)c2ccccc2)C1. The van der Waals surface area contributed by atoms with Gasteiger partial charge in [0.05, 0.1) is 29.6 Å². The van der Waals surface area contributed by atoms with Gasteiger partial charge in [-0.2, -0.15) is 26.3 Å². The van der Waals surface area contributed by atoms with E-state index in [1.54, 1.807) is 30.3 Å². The minimum atomic E-state index is -4.98. The maximum atomic E-state index is 13.6. The number of benzene rings is 4. The van der Waals surface area contributed by atoms with E-state index in [4.69, 9.17) is 4.74 Å². The lowest BCUT2D eigenvalue weighted by molar-refractivity contribution is -0.143. The summed E-state index contributed by atoms with van der Waals surface area (Å²) >= 11 is 0. The summed E-state index contributed by atoms with van der Waals surface area (Å²) in [5.41, 5.74) is -0.723. The highest BCUT2D eigenvalue weighted by Gasteiger charge is 2.41. The van der Waals surface area contributed by atoms with Crippen LogP contribution in [0.15, 0.2) is 109 Å². The highest BCUT2D eigenvalue weighted by atomic mass is 32.2. The topological polar surface area (TPSA) is 46.6 Å². The molecular formula is C34H31F6NO3S. The van der Waals surface area contributed by atoms with Crippen molar-refractivity contribution in [3.8, 4) is 0 Å². The minimum absolute atomic E-state index is 0.0463. The second kappa shape index (κ2) is 13.4. The average molecular weight is 648 g/mol. The first-order valence-electron chi connectivity index (χ1n) is 14.3. The number of ether oxygens (including phenoxy) is 1. The van der Waals surface area contributed by atoms with Gasteiger partial charge in [-0.15, -0.1) is 0 Å². The van der Waals surface area contributed by atoms with E-state index in [9.17, 15) is 34.8 Å². The monoisotopic (exact) mass is 647 g/mol. The molecule has 1 fully saturated rings. The second-order valence-corrected chi connectivity index (χ2v) is 13.1. The molecule has 4 nitrogen and oxygen atoms in total. The number of halogens is 6. The van der Waals surface area contributed by atoms with Crippen LogP contribution in [0.4, 0.5) is 26.3 Å². The highest BCUT2D eigenvalue weighted by molar-refractivity contribution is 7.88. The Kier molecular flexibility index (Phi) is 9.71. The number of hydrogen-bond donors (Lipinski definition) is 0. The normalized spacial score (nSPS) is 18.3. The van der Waals surface area contributed by atoms with Crippen molar-refractivity contribution in [2.75, 3.05) is 13.1 Å². The van der Waals surface area contributed by atoms with E-state index in [0.717, 1.165) is 11.1 Å². The van der Waals surface area contributed by atoms with Crippen molar-refractivity contribution in [1.29, 1.82) is 0 Å². The van der Waals surface area contributed by atoms with Gasteiger partial charge in [0, 0.05) is 24.9 Å². The van der Waals surface area contributed by atoms with Crippen molar-refractivity contribution in [1.82, 2.24) is 4.31 Å². The highest BCUT2D eigenvalue weighted by Crippen LogP contribution is 2.41. The van der Waals surface area contributed by atoms with Crippen LogP contribution in [-0.2, 0) is 39.5 Å². The Morgan fingerprint density at radius 1 is 0.711 bits per heavy atom. The van der Waals surface area contributed by atoms with Gasteiger partial charge in [-0.05, 0) is 46.9 Å². The van der Waals surface area contributed by atoms with Crippen LogP contribution in [0.2, 0.25) is 0 Å². The first-order chi connectivity index (χ1) is 21.3. The molecular weight excluding hydrogens is 616 g/mol. The van der Waals surface area contributed by atoms with Crippen LogP contribution in [0.3, 0.4) is 0 Å². The molecule has 1 heterocycles. The van der Waals surface area contributed by atoms with Gasteiger partial charge in [0.15, 0.2) is 0 Å². The summed E-state index contributed by atoms with van der Waals surface area (Å²) in [5, 5.41) is 0. The maximum Gasteiger partial charge on any atom is 0.416 e. The maximum absolute atomic E-state index is 13.6. The predicted molar refractivity (Wildman–Crippen MR) is 158 cm³/mol. The van der Waals surface area contributed by atoms with Crippen LogP contribution in [0.25, 0.3) is 0 Å². The van der Waals surface area contributed by atoms with Crippen molar-refractivity contribution in [2.24, 2.45) is 5.92 Å². The number of alkyl halides is 6. The lowest BCUT2D eigenvalue weighted by Crippen LogP contribution is -2.49. The molecule has 2 atom stereocenters. The Labute approximate surface area is 258 Å². The fourth-order valence-corrected chi connectivity index (χ4v) is 7.48. The number of sulfonamides is 1. The smallest absolute Gasteiger partial charge is 0.373 e. The van der Waals surface area contributed by atoms with Crippen molar-refractivity contribution < 1.29 is 39.5 Å². The summed E-state index contributed by atoms with van der Waals surface area (Å²) in [6, 6.07) is 28.9. The number of rotatable bonds is 9. The Balaban J connectivity index is 1.50. The van der Waals surface area contributed by atoms with E-state index in [1.807, 2.05) is 60.7 Å². The molecule has 4 aromatic carbocycles. The first-order valence-corrected chi connectivity index (χ1v) is 15.9. The molecule has 11 heteroatoms. The van der Waals surface area contributed by atoms with E-state index >= 15 is 0 Å². The molecule has 0 aliphatic carbocycles. The summed E-state index contributed by atoms with van der Waals surface area (Å²) in [5.74, 6) is -1.10. The summed E-state index contributed by atoms with van der Waals surface area (Å²) in [7, 11) is -3.77. The quantitative estimate of drug-likeness (QED) is 0.172. The molecule has 0 bridgehead atoms. The molecule has 238 valence electrons. The molecule has 5 rings (SSSR count). The zero-order chi connectivity index (χ0) is 32.2. The lowest BCUT2D eigenvalue weighted by atomic mass is 9.76. The predicted octanol–water partition coefficient (Wildman–Crippen LogP) is 8.29. The summed E-state index contributed by atoms with van der Waals surface area (Å²) in [4.78, 5) is 0. The fraction of sp³-hybridized carbons (Fsp3) is 0.294. The summed E-state index contributed by atoms with van der Waals surface area (Å²) in [6.07, 6.45) is -10.5. The van der Waals surface area contributed by atoms with E-state index in [1.165, 1.54) is 4.31 Å². The molecule has 45 heavy (non-hydrogen) atoms. The van der Waals surface area contributed by atoms with Gasteiger partial charge < -0.3 is 4.74 Å². The molecule has 0 spiro atoms. The molecule has 0 N–H and O–H groups in total. The van der Waals surface area contributed by atoms with Crippen molar-refractivity contribution in [2.45, 2.75) is 43.2 Å². The molecule has 0 radical (unpaired) electrons. The first kappa shape index (κ1) is 32.7. The number of hydrogen-bond acceptors (Lipinski definition) is 3. The van der Waals surface area contributed by atoms with Crippen LogP contribution in [0.5, 0.6) is 0 Å². The van der Waals surface area contributed by atoms with Crippen molar-refractivity contribution in [3.63, 3.8) is 0 Å². The Morgan fingerprint density at radius 2 is 1.20 bits per heavy atom. The van der Waals surface area contributed by atoms with Crippen LogP contribution >= 0.6 is 0 Å². The van der Waals surface area contributed by atoms with Crippen LogP contribution < -0.4 is 0 Å². The molecule has 1 saturated heterocycles. The zero-order valence-electron chi connectivity index (χ0n) is 24.0. The molecule has 0 saturated carbocycles. The van der Waals surface area contributed by atoms with Crippen molar-refractivity contribution in [3.05, 3.63) is 143 Å². The lowest BCUT2D eigenvalue weighted by Gasteiger charge is -2.42. The summed E-state index contributed by atoms with van der Waals surface area (Å²) < 4.78 is 116. The van der Waals surface area contributed by atoms with Gasteiger partial charge in [0.1, 0.15) is 0 Å². The van der Waals surface area contributed by atoms with E-state index in [-0.39, 0.29) is 42.8 Å². The Bertz CT molecular complexity index is 1590. The molecule has 1 aliphatic heterocycles. The van der Waals surface area contributed by atoms with E-state index in [2.05, 4.69) is 0 Å². The van der Waals surface area contributed by atoms with Gasteiger partial charge in [0.25, 0.3) is 0 Å². The van der Waals surface area contributed by atoms with E-state index < -0.39 is 52.1 Å². The van der Waals surface area contributed by atoms with Gasteiger partial charge in [-0.25, -0.2) is 12.7 Å². The van der Waals surface area contributed by atoms with Gasteiger partial charge in [0.2, 0.25) is 10.0 Å². The van der Waals surface area contributed by atoms with Crippen LogP contribution in [0.1, 0.15) is 45.7 Å². The van der Waals surface area contributed by atoms with Gasteiger partial charge in [-0.1, -0.05) is 91.0 Å².